The summed E-state index contributed by atoms with van der Waals surface area (Å²) in [6.45, 7) is 4.22. The first-order chi connectivity index (χ1) is 12.1. The molecule has 0 aliphatic rings. The summed E-state index contributed by atoms with van der Waals surface area (Å²) in [5.41, 5.74) is 2.47. The fourth-order valence-electron chi connectivity index (χ4n) is 2.76. The van der Waals surface area contributed by atoms with Crippen LogP contribution in [0.2, 0.25) is 0 Å². The van der Waals surface area contributed by atoms with E-state index in [1.54, 1.807) is 25.6 Å². The second-order valence-electron chi connectivity index (χ2n) is 5.95. The predicted octanol–water partition coefficient (Wildman–Crippen LogP) is 6.33. The van der Waals surface area contributed by atoms with Gasteiger partial charge in [-0.25, -0.2) is 0 Å². The van der Waals surface area contributed by atoms with Gasteiger partial charge in [-0.2, -0.15) is 0 Å². The molecule has 0 saturated carbocycles. The van der Waals surface area contributed by atoms with Gasteiger partial charge in [0, 0.05) is 9.75 Å². The minimum Gasteiger partial charge on any atom is -0.493 e. The molecule has 3 rings (SSSR count). The van der Waals surface area contributed by atoms with Gasteiger partial charge < -0.3 is 9.47 Å². The summed E-state index contributed by atoms with van der Waals surface area (Å²) in [6.07, 6.45) is 0. The van der Waals surface area contributed by atoms with Gasteiger partial charge in [0.25, 0.3) is 0 Å². The lowest BCUT2D eigenvalue weighted by Crippen LogP contribution is -1.87. The fourth-order valence-corrected chi connectivity index (χ4v) is 3.62. The molecule has 25 heavy (non-hydrogen) atoms. The molecular formula is C22H22O2S. The molecule has 0 atom stereocenters. The number of benzene rings is 2. The van der Waals surface area contributed by atoms with Gasteiger partial charge in [0.2, 0.25) is 0 Å². The molecule has 0 spiro atoms. The number of aryl methyl sites for hydroxylation is 2. The van der Waals surface area contributed by atoms with Crippen LogP contribution < -0.4 is 9.47 Å². The van der Waals surface area contributed by atoms with Crippen LogP contribution in [-0.4, -0.2) is 14.2 Å². The Morgan fingerprint density at radius 1 is 0.680 bits per heavy atom. The lowest BCUT2D eigenvalue weighted by molar-refractivity contribution is 0.355. The van der Waals surface area contributed by atoms with Crippen molar-refractivity contribution in [1.29, 1.82) is 0 Å². The van der Waals surface area contributed by atoms with Crippen LogP contribution in [0.4, 0.5) is 0 Å². The molecule has 128 valence electrons. The third-order valence-electron chi connectivity index (χ3n) is 4.09. The molecule has 0 N–H and O–H groups in total. The Morgan fingerprint density at radius 2 is 1.32 bits per heavy atom. The highest BCUT2D eigenvalue weighted by Gasteiger charge is 2.03. The number of rotatable bonds is 3. The number of ether oxygens (including phenoxy) is 2. The smallest absolute Gasteiger partial charge is 0.160 e. The third kappa shape index (κ3) is 3.94. The van der Waals surface area contributed by atoms with E-state index in [2.05, 4.69) is 62.4 Å². The van der Waals surface area contributed by atoms with Crippen LogP contribution in [-0.2, 0) is 0 Å². The van der Waals surface area contributed by atoms with Crippen LogP contribution in [0.15, 0.2) is 60.7 Å². The van der Waals surface area contributed by atoms with Gasteiger partial charge in [0.1, 0.15) is 0 Å². The highest BCUT2D eigenvalue weighted by Crippen LogP contribution is 2.31. The molecule has 0 bridgehead atoms. The molecule has 0 aliphatic heterocycles. The van der Waals surface area contributed by atoms with Gasteiger partial charge in [0.05, 0.1) is 14.2 Å². The maximum atomic E-state index is 5.47. The molecule has 1 aromatic heterocycles. The molecule has 1 heterocycles. The maximum absolute atomic E-state index is 5.47. The molecule has 2 nitrogen and oxygen atoms in total. The van der Waals surface area contributed by atoms with Gasteiger partial charge in [0.15, 0.2) is 11.5 Å². The van der Waals surface area contributed by atoms with E-state index in [0.29, 0.717) is 11.5 Å². The van der Waals surface area contributed by atoms with Crippen molar-refractivity contribution in [2.45, 2.75) is 13.8 Å². The number of hydrogen-bond donors (Lipinski definition) is 0. The van der Waals surface area contributed by atoms with Crippen molar-refractivity contribution in [1.82, 2.24) is 0 Å². The third-order valence-corrected chi connectivity index (χ3v) is 5.14. The van der Waals surface area contributed by atoms with Crippen molar-refractivity contribution >= 4 is 22.1 Å². The van der Waals surface area contributed by atoms with E-state index in [9.17, 15) is 0 Å². The Hall–Kier alpha value is -2.52. The van der Waals surface area contributed by atoms with Gasteiger partial charge in [-0.05, 0) is 60.5 Å². The molecule has 0 radical (unpaired) electrons. The number of methoxy groups -OCH3 is 2. The van der Waals surface area contributed by atoms with E-state index in [1.807, 2.05) is 12.1 Å². The maximum Gasteiger partial charge on any atom is 0.160 e. The average molecular weight is 350 g/mol. The van der Waals surface area contributed by atoms with Crippen molar-refractivity contribution in [2.75, 3.05) is 14.2 Å². The second-order valence-corrected chi connectivity index (χ2v) is 7.23. The Morgan fingerprint density at radius 3 is 2.04 bits per heavy atom. The van der Waals surface area contributed by atoms with E-state index in [1.165, 1.54) is 31.7 Å². The monoisotopic (exact) mass is 350 g/mol. The highest BCUT2D eigenvalue weighted by atomic mass is 32.1. The largest absolute Gasteiger partial charge is 0.493 e. The van der Waals surface area contributed by atoms with Gasteiger partial charge >= 0.3 is 0 Å². The topological polar surface area (TPSA) is 18.5 Å². The minimum atomic E-state index is 0.711. The zero-order valence-electron chi connectivity index (χ0n) is 15.0. The van der Waals surface area contributed by atoms with E-state index >= 15 is 0 Å². The molecule has 0 saturated heterocycles. The fraction of sp³-hybridized carbons (Fsp3) is 0.182. The first kappa shape index (κ1) is 17.3. The molecule has 0 amide bonds. The molecular weight excluding hydrogens is 328 g/mol. The zero-order chi connectivity index (χ0) is 17.8. The lowest BCUT2D eigenvalue weighted by Gasteiger charge is -2.05. The summed E-state index contributed by atoms with van der Waals surface area (Å²) in [5.74, 6) is 1.43. The molecule has 0 unspecified atom stereocenters. The normalized spacial score (nSPS) is 10.4. The minimum absolute atomic E-state index is 0.711. The van der Waals surface area contributed by atoms with Crippen LogP contribution in [0.1, 0.15) is 10.4 Å². The predicted molar refractivity (Wildman–Crippen MR) is 107 cm³/mol. The van der Waals surface area contributed by atoms with Gasteiger partial charge in [-0.3, -0.25) is 0 Å². The molecule has 3 aromatic rings. The SMILES string of the molecule is COc1ccc(C)sc(-c2ccc3cc(C)ccc3c2)ccc1OC. The first-order valence-corrected chi connectivity index (χ1v) is 9.00. The van der Waals surface area contributed by atoms with Gasteiger partial charge in [-0.1, -0.05) is 35.9 Å². The Bertz CT molecular complexity index is 955. The average Bonchev–Trinajstić information content (AvgIpc) is 2.70. The molecule has 3 heteroatoms. The molecule has 0 fully saturated rings. The van der Waals surface area contributed by atoms with Crippen LogP contribution in [0.25, 0.3) is 21.2 Å². The van der Waals surface area contributed by atoms with E-state index < -0.39 is 0 Å². The van der Waals surface area contributed by atoms with Crippen LogP contribution in [0, 0.1) is 13.8 Å². The summed E-state index contributed by atoms with van der Waals surface area (Å²) >= 11 is 1.75. The van der Waals surface area contributed by atoms with E-state index in [0.717, 1.165) is 0 Å². The summed E-state index contributed by atoms with van der Waals surface area (Å²) in [7, 11) is 3.31. The summed E-state index contributed by atoms with van der Waals surface area (Å²) in [4.78, 5) is 2.37. The Kier molecular flexibility index (Phi) is 5.25. The number of fused-ring (bicyclic) bond motifs is 1. The highest BCUT2D eigenvalue weighted by molar-refractivity contribution is 7.14. The zero-order valence-corrected chi connectivity index (χ0v) is 15.8. The van der Waals surface area contributed by atoms with E-state index in [-0.39, 0.29) is 0 Å². The van der Waals surface area contributed by atoms with Crippen LogP contribution in [0.5, 0.6) is 11.5 Å². The Balaban J connectivity index is 2.20. The van der Waals surface area contributed by atoms with Crippen LogP contribution >= 0.6 is 11.3 Å². The van der Waals surface area contributed by atoms with Crippen molar-refractivity contribution in [2.24, 2.45) is 0 Å². The van der Waals surface area contributed by atoms with Crippen molar-refractivity contribution in [3.63, 3.8) is 0 Å². The number of hydrogen-bond acceptors (Lipinski definition) is 3. The van der Waals surface area contributed by atoms with E-state index in [4.69, 9.17) is 9.47 Å². The first-order valence-electron chi connectivity index (χ1n) is 8.18. The van der Waals surface area contributed by atoms with Gasteiger partial charge in [-0.15, -0.1) is 11.3 Å². The quantitative estimate of drug-likeness (QED) is 0.550. The van der Waals surface area contributed by atoms with Crippen molar-refractivity contribution < 1.29 is 9.47 Å². The standard InChI is InChI=1S/C22H22O2S/c1-15-5-7-18-14-19(9-8-17(18)13-15)22-12-11-21(24-4)20(23-3)10-6-16(2)25-22/h5-14H,1-4H3. The van der Waals surface area contributed by atoms with Crippen molar-refractivity contribution in [3.8, 4) is 21.9 Å². The second kappa shape index (κ2) is 7.58. The summed E-state index contributed by atoms with van der Waals surface area (Å²) < 4.78 is 10.9. The van der Waals surface area contributed by atoms with Crippen molar-refractivity contribution in [3.05, 3.63) is 71.1 Å². The van der Waals surface area contributed by atoms with Crippen LogP contribution in [0.3, 0.4) is 0 Å². The molecule has 0 aliphatic carbocycles. The molecule has 2 aromatic carbocycles. The lowest BCUT2D eigenvalue weighted by atomic mass is 10.0. The summed E-state index contributed by atoms with van der Waals surface area (Å²) in [5, 5.41) is 2.51. The Labute approximate surface area is 153 Å². The summed E-state index contributed by atoms with van der Waals surface area (Å²) in [6, 6.07) is 21.2.